The van der Waals surface area contributed by atoms with Crippen LogP contribution in [0.5, 0.6) is 0 Å². The van der Waals surface area contributed by atoms with Crippen LogP contribution in [0, 0.1) is 0 Å². The van der Waals surface area contributed by atoms with Crippen molar-refractivity contribution < 1.29 is 4.79 Å². The van der Waals surface area contributed by atoms with Crippen LogP contribution in [0.4, 0.5) is 11.5 Å². The van der Waals surface area contributed by atoms with E-state index in [1.165, 1.54) is 31.7 Å². The highest BCUT2D eigenvalue weighted by Crippen LogP contribution is 2.27. The molecule has 2 N–H and O–H groups in total. The summed E-state index contributed by atoms with van der Waals surface area (Å²) >= 11 is 12.0. The van der Waals surface area contributed by atoms with Gasteiger partial charge in [0.25, 0.3) is 5.91 Å². The van der Waals surface area contributed by atoms with Gasteiger partial charge in [0.2, 0.25) is 0 Å². The van der Waals surface area contributed by atoms with E-state index in [-0.39, 0.29) is 11.9 Å². The average Bonchev–Trinajstić information content (AvgIpc) is 2.59. The Morgan fingerprint density at radius 3 is 2.54 bits per heavy atom. The van der Waals surface area contributed by atoms with E-state index in [0.29, 0.717) is 27.2 Å². The number of nitrogens with zero attached hydrogens (tertiary/aromatic N) is 2. The lowest BCUT2D eigenvalue weighted by molar-refractivity contribution is 0.0922. The van der Waals surface area contributed by atoms with Gasteiger partial charge in [-0.2, -0.15) is 0 Å². The number of hydrogen-bond donors (Lipinski definition) is 2. The van der Waals surface area contributed by atoms with E-state index in [9.17, 15) is 4.79 Å². The molecule has 1 amide bonds. The first-order valence-electron chi connectivity index (χ1n) is 7.97. The molecule has 5 nitrogen and oxygen atoms in total. The highest BCUT2D eigenvalue weighted by molar-refractivity contribution is 6.36. The molecule has 0 radical (unpaired) electrons. The molecule has 2 aromatic rings. The number of hydrogen-bond acceptors (Lipinski definition) is 4. The largest absolute Gasteiger partial charge is 0.348 e. The molecule has 1 aromatic heterocycles. The third kappa shape index (κ3) is 4.36. The summed E-state index contributed by atoms with van der Waals surface area (Å²) in [6.45, 7) is 0. The Morgan fingerprint density at radius 1 is 1.08 bits per heavy atom. The number of anilines is 2. The predicted octanol–water partition coefficient (Wildman–Crippen LogP) is 4.59. The zero-order chi connectivity index (χ0) is 16.9. The maximum atomic E-state index is 12.2. The van der Waals surface area contributed by atoms with E-state index in [2.05, 4.69) is 20.6 Å². The first-order valence-corrected chi connectivity index (χ1v) is 8.72. The van der Waals surface area contributed by atoms with Gasteiger partial charge in [-0.3, -0.25) is 4.79 Å². The Bertz CT molecular complexity index is 715. The summed E-state index contributed by atoms with van der Waals surface area (Å²) in [5, 5.41) is 7.12. The Morgan fingerprint density at radius 2 is 1.88 bits per heavy atom. The lowest BCUT2D eigenvalue weighted by atomic mass is 9.95. The van der Waals surface area contributed by atoms with Crippen molar-refractivity contribution in [2.24, 2.45) is 0 Å². The van der Waals surface area contributed by atoms with Crippen molar-refractivity contribution in [3.63, 3.8) is 0 Å². The average molecular weight is 365 g/mol. The third-order valence-corrected chi connectivity index (χ3v) is 4.57. The number of carbonyl (C=O) groups excluding carboxylic acids is 1. The summed E-state index contributed by atoms with van der Waals surface area (Å²) in [6.07, 6.45) is 8.63. The van der Waals surface area contributed by atoms with E-state index in [1.807, 2.05) is 0 Å². The van der Waals surface area contributed by atoms with Gasteiger partial charge in [-0.15, -0.1) is 0 Å². The zero-order valence-electron chi connectivity index (χ0n) is 13.1. The van der Waals surface area contributed by atoms with Crippen molar-refractivity contribution in [1.29, 1.82) is 0 Å². The van der Waals surface area contributed by atoms with Crippen LogP contribution in [-0.2, 0) is 0 Å². The van der Waals surface area contributed by atoms with Crippen molar-refractivity contribution >= 4 is 40.6 Å². The number of nitrogens with one attached hydrogen (secondary N) is 2. The molecule has 1 aromatic carbocycles. The van der Waals surface area contributed by atoms with E-state index in [1.54, 1.807) is 18.2 Å². The standard InChI is InChI=1S/C17H18Cl2N4O/c18-11-6-7-14(13(19)8-11)23-16-10-20-15(9-21-16)17(24)22-12-4-2-1-3-5-12/h6-10,12H,1-5H2,(H,21,23)(H,22,24). The predicted molar refractivity (Wildman–Crippen MR) is 96.1 cm³/mol. The molecule has 3 rings (SSSR count). The second-order valence-corrected chi connectivity index (χ2v) is 6.69. The first-order chi connectivity index (χ1) is 11.6. The van der Waals surface area contributed by atoms with Crippen molar-refractivity contribution in [2.45, 2.75) is 38.1 Å². The number of amides is 1. The summed E-state index contributed by atoms with van der Waals surface area (Å²) < 4.78 is 0. The van der Waals surface area contributed by atoms with Gasteiger partial charge in [0.05, 0.1) is 23.1 Å². The van der Waals surface area contributed by atoms with Crippen LogP contribution in [0.15, 0.2) is 30.6 Å². The number of halogens is 2. The second-order valence-electron chi connectivity index (χ2n) is 5.84. The van der Waals surface area contributed by atoms with Crippen molar-refractivity contribution in [1.82, 2.24) is 15.3 Å². The number of carbonyl (C=O) groups is 1. The summed E-state index contributed by atoms with van der Waals surface area (Å²) in [6, 6.07) is 5.38. The van der Waals surface area contributed by atoms with Crippen LogP contribution < -0.4 is 10.6 Å². The van der Waals surface area contributed by atoms with Gasteiger partial charge in [-0.05, 0) is 31.0 Å². The summed E-state index contributed by atoms with van der Waals surface area (Å²) in [5.74, 6) is 0.332. The molecule has 1 heterocycles. The lowest BCUT2D eigenvalue weighted by Gasteiger charge is -2.22. The molecule has 24 heavy (non-hydrogen) atoms. The number of aromatic nitrogens is 2. The minimum Gasteiger partial charge on any atom is -0.348 e. The molecule has 0 atom stereocenters. The van der Waals surface area contributed by atoms with Crippen LogP contribution in [0.1, 0.15) is 42.6 Å². The van der Waals surface area contributed by atoms with Crippen LogP contribution in [-0.4, -0.2) is 21.9 Å². The quantitative estimate of drug-likeness (QED) is 0.832. The third-order valence-electron chi connectivity index (χ3n) is 4.02. The van der Waals surface area contributed by atoms with Crippen LogP contribution in [0.2, 0.25) is 10.0 Å². The van der Waals surface area contributed by atoms with Crippen molar-refractivity contribution in [3.05, 3.63) is 46.3 Å². The van der Waals surface area contributed by atoms with Crippen LogP contribution in [0.25, 0.3) is 0 Å². The van der Waals surface area contributed by atoms with E-state index in [0.717, 1.165) is 12.8 Å². The molecule has 0 bridgehead atoms. The summed E-state index contributed by atoms with van der Waals surface area (Å²) in [4.78, 5) is 20.6. The normalized spacial score (nSPS) is 15.1. The highest BCUT2D eigenvalue weighted by atomic mass is 35.5. The van der Waals surface area contributed by atoms with E-state index < -0.39 is 0 Å². The highest BCUT2D eigenvalue weighted by Gasteiger charge is 2.17. The first kappa shape index (κ1) is 17.0. The van der Waals surface area contributed by atoms with Gasteiger partial charge < -0.3 is 10.6 Å². The molecular weight excluding hydrogens is 347 g/mol. The zero-order valence-corrected chi connectivity index (χ0v) is 14.6. The fourth-order valence-corrected chi connectivity index (χ4v) is 3.20. The molecule has 1 saturated carbocycles. The molecule has 126 valence electrons. The fraction of sp³-hybridized carbons (Fsp3) is 0.353. The maximum Gasteiger partial charge on any atom is 0.271 e. The lowest BCUT2D eigenvalue weighted by Crippen LogP contribution is -2.36. The second kappa shape index (κ2) is 7.81. The van der Waals surface area contributed by atoms with Gasteiger partial charge >= 0.3 is 0 Å². The molecule has 1 aliphatic rings. The smallest absolute Gasteiger partial charge is 0.271 e. The van der Waals surface area contributed by atoms with E-state index in [4.69, 9.17) is 23.2 Å². The summed E-state index contributed by atoms with van der Waals surface area (Å²) in [7, 11) is 0. The molecule has 0 spiro atoms. The molecule has 0 aliphatic heterocycles. The molecule has 1 aliphatic carbocycles. The number of benzene rings is 1. The van der Waals surface area contributed by atoms with Gasteiger partial charge in [0.15, 0.2) is 0 Å². The Hall–Kier alpha value is -1.85. The fourth-order valence-electron chi connectivity index (χ4n) is 2.74. The van der Waals surface area contributed by atoms with Gasteiger partial charge in [0.1, 0.15) is 11.5 Å². The van der Waals surface area contributed by atoms with Crippen LogP contribution in [0.3, 0.4) is 0 Å². The molecule has 1 fully saturated rings. The molecule has 0 saturated heterocycles. The maximum absolute atomic E-state index is 12.2. The Balaban J connectivity index is 1.63. The monoisotopic (exact) mass is 364 g/mol. The number of rotatable bonds is 4. The topological polar surface area (TPSA) is 66.9 Å². The van der Waals surface area contributed by atoms with Gasteiger partial charge in [-0.25, -0.2) is 9.97 Å². The SMILES string of the molecule is O=C(NC1CCCCC1)c1cnc(Nc2ccc(Cl)cc2Cl)cn1. The van der Waals surface area contributed by atoms with Gasteiger partial charge in [-0.1, -0.05) is 42.5 Å². The molecule has 7 heteroatoms. The Kier molecular flexibility index (Phi) is 5.53. The minimum atomic E-state index is -0.175. The Labute approximate surface area is 150 Å². The van der Waals surface area contributed by atoms with Crippen molar-refractivity contribution in [3.8, 4) is 0 Å². The molecule has 0 unspecified atom stereocenters. The summed E-state index contributed by atoms with van der Waals surface area (Å²) in [5.41, 5.74) is 0.989. The molecular formula is C17H18Cl2N4O. The minimum absolute atomic E-state index is 0.175. The van der Waals surface area contributed by atoms with E-state index >= 15 is 0 Å². The van der Waals surface area contributed by atoms with Gasteiger partial charge in [0, 0.05) is 11.1 Å². The van der Waals surface area contributed by atoms with Crippen LogP contribution >= 0.6 is 23.2 Å². The van der Waals surface area contributed by atoms with Crippen molar-refractivity contribution in [2.75, 3.05) is 5.32 Å².